The number of rotatable bonds is 15. The van der Waals surface area contributed by atoms with Gasteiger partial charge >= 0.3 is 0 Å². The van der Waals surface area contributed by atoms with E-state index in [1.54, 1.807) is 0 Å². The summed E-state index contributed by atoms with van der Waals surface area (Å²) in [7, 11) is 0. The quantitative estimate of drug-likeness (QED) is 0.295. The largest absolute Gasteiger partial charge is 0.502 e. The number of hydrogen-bond acceptors (Lipinski definition) is 2. The van der Waals surface area contributed by atoms with Crippen molar-refractivity contribution < 1.29 is 9.47 Å². The molecule has 0 atom stereocenters. The second-order valence-corrected chi connectivity index (χ2v) is 4.61. The van der Waals surface area contributed by atoms with E-state index in [0.717, 1.165) is 26.1 Å². The van der Waals surface area contributed by atoms with Crippen LogP contribution in [0.4, 0.5) is 0 Å². The third-order valence-corrected chi connectivity index (χ3v) is 3.01. The summed E-state index contributed by atoms with van der Waals surface area (Å²) in [5.41, 5.74) is 0. The van der Waals surface area contributed by atoms with E-state index in [4.69, 9.17) is 9.47 Å². The molecule has 0 heterocycles. The first kappa shape index (κ1) is 17.1. The molecule has 0 aliphatic carbocycles. The van der Waals surface area contributed by atoms with E-state index in [-0.39, 0.29) is 0 Å². The van der Waals surface area contributed by atoms with Crippen molar-refractivity contribution in [3.63, 3.8) is 0 Å². The van der Waals surface area contributed by atoms with Gasteiger partial charge in [-0.15, -0.1) is 0 Å². The Bertz CT molecular complexity index is 158. The molecule has 0 bridgehead atoms. The first-order valence-corrected chi connectivity index (χ1v) is 7.37. The second-order valence-electron chi connectivity index (χ2n) is 4.61. The minimum atomic E-state index is 0.830. The molecule has 0 fully saturated rings. The van der Waals surface area contributed by atoms with Crippen molar-refractivity contribution in [3.8, 4) is 0 Å². The Hall–Kier alpha value is -0.920. The summed E-state index contributed by atoms with van der Waals surface area (Å²) in [5.74, 6) is 0. The van der Waals surface area contributed by atoms with Crippen molar-refractivity contribution >= 4 is 0 Å². The monoisotopic (exact) mass is 254 g/mol. The summed E-state index contributed by atoms with van der Waals surface area (Å²) >= 11 is 0. The summed E-state index contributed by atoms with van der Waals surface area (Å²) in [6.07, 6.45) is 16.1. The molecule has 106 valence electrons. The van der Waals surface area contributed by atoms with Gasteiger partial charge < -0.3 is 9.47 Å². The molecule has 0 rings (SSSR count). The van der Waals surface area contributed by atoms with Gasteiger partial charge in [-0.3, -0.25) is 0 Å². The molecule has 0 aromatic heterocycles. The Labute approximate surface area is 113 Å². The fraction of sp³-hybridized carbons (Fsp3) is 0.750. The molecule has 0 spiro atoms. The fourth-order valence-corrected chi connectivity index (χ4v) is 1.95. The normalized spacial score (nSPS) is 10.0. The molecular weight excluding hydrogens is 224 g/mol. The van der Waals surface area contributed by atoms with Gasteiger partial charge in [-0.25, -0.2) is 0 Å². The standard InChI is InChI=1S/C16H30O2/c1-3-17-15-13-11-9-7-5-6-8-10-12-14-16-18-4-2/h3-4H,1-2,5-16H2. The van der Waals surface area contributed by atoms with Crippen molar-refractivity contribution in [2.75, 3.05) is 13.2 Å². The van der Waals surface area contributed by atoms with E-state index in [0.29, 0.717) is 0 Å². The van der Waals surface area contributed by atoms with Crippen LogP contribution in [0, 0.1) is 0 Å². The lowest BCUT2D eigenvalue weighted by Crippen LogP contribution is -1.88. The SMILES string of the molecule is C=COCCCCCCCCCCCCOC=C. The Balaban J connectivity index is 2.90. The predicted octanol–water partition coefficient (Wildman–Crippen LogP) is 5.21. The maximum Gasteiger partial charge on any atom is 0.0873 e. The van der Waals surface area contributed by atoms with Gasteiger partial charge in [0.1, 0.15) is 0 Å². The smallest absolute Gasteiger partial charge is 0.0873 e. The fourth-order valence-electron chi connectivity index (χ4n) is 1.95. The first-order chi connectivity index (χ1) is 8.91. The van der Waals surface area contributed by atoms with Gasteiger partial charge in [0.25, 0.3) is 0 Å². The average Bonchev–Trinajstić information content (AvgIpc) is 2.39. The summed E-state index contributed by atoms with van der Waals surface area (Å²) < 4.78 is 10.2. The van der Waals surface area contributed by atoms with Gasteiger partial charge in [-0.1, -0.05) is 64.5 Å². The highest BCUT2D eigenvalue weighted by Gasteiger charge is 1.93. The molecule has 0 saturated carbocycles. The highest BCUT2D eigenvalue weighted by molar-refractivity contribution is 4.52. The van der Waals surface area contributed by atoms with Gasteiger partial charge in [0.2, 0.25) is 0 Å². The van der Waals surface area contributed by atoms with Crippen molar-refractivity contribution in [2.24, 2.45) is 0 Å². The third kappa shape index (κ3) is 15.1. The summed E-state index contributed by atoms with van der Waals surface area (Å²) in [4.78, 5) is 0. The molecule has 0 saturated heterocycles. The summed E-state index contributed by atoms with van der Waals surface area (Å²) in [6.45, 7) is 8.71. The molecule has 0 aromatic carbocycles. The zero-order valence-electron chi connectivity index (χ0n) is 11.9. The van der Waals surface area contributed by atoms with Gasteiger partial charge in [-0.2, -0.15) is 0 Å². The van der Waals surface area contributed by atoms with E-state index in [1.807, 2.05) is 0 Å². The third-order valence-electron chi connectivity index (χ3n) is 3.01. The van der Waals surface area contributed by atoms with Crippen molar-refractivity contribution in [2.45, 2.75) is 64.2 Å². The van der Waals surface area contributed by atoms with Crippen LogP contribution in [0.5, 0.6) is 0 Å². The summed E-state index contributed by atoms with van der Waals surface area (Å²) in [6, 6.07) is 0. The molecular formula is C16H30O2. The van der Waals surface area contributed by atoms with Crippen LogP contribution in [0.15, 0.2) is 25.7 Å². The van der Waals surface area contributed by atoms with E-state index >= 15 is 0 Å². The van der Waals surface area contributed by atoms with Crippen LogP contribution >= 0.6 is 0 Å². The molecule has 2 heteroatoms. The van der Waals surface area contributed by atoms with Crippen LogP contribution in [-0.2, 0) is 9.47 Å². The Kier molecular flexibility index (Phi) is 15.3. The zero-order chi connectivity index (χ0) is 13.3. The van der Waals surface area contributed by atoms with Crippen molar-refractivity contribution in [1.29, 1.82) is 0 Å². The Morgan fingerprint density at radius 3 is 1.06 bits per heavy atom. The van der Waals surface area contributed by atoms with E-state index < -0.39 is 0 Å². The molecule has 0 aromatic rings. The van der Waals surface area contributed by atoms with Crippen molar-refractivity contribution in [3.05, 3.63) is 25.7 Å². The molecule has 2 nitrogen and oxygen atoms in total. The number of hydrogen-bond donors (Lipinski definition) is 0. The maximum absolute atomic E-state index is 5.08. The lowest BCUT2D eigenvalue weighted by molar-refractivity contribution is 0.241. The van der Waals surface area contributed by atoms with E-state index in [1.165, 1.54) is 63.9 Å². The first-order valence-electron chi connectivity index (χ1n) is 7.37. The van der Waals surface area contributed by atoms with Crippen LogP contribution in [0.1, 0.15) is 64.2 Å². The number of unbranched alkanes of at least 4 members (excludes halogenated alkanes) is 9. The lowest BCUT2D eigenvalue weighted by atomic mass is 10.1. The number of ether oxygens (including phenoxy) is 2. The Morgan fingerprint density at radius 2 is 0.778 bits per heavy atom. The predicted molar refractivity (Wildman–Crippen MR) is 78.5 cm³/mol. The van der Waals surface area contributed by atoms with Crippen LogP contribution in [0.25, 0.3) is 0 Å². The molecule has 0 amide bonds. The van der Waals surface area contributed by atoms with Gasteiger partial charge in [0.05, 0.1) is 25.7 Å². The molecule has 0 radical (unpaired) electrons. The average molecular weight is 254 g/mol. The highest BCUT2D eigenvalue weighted by Crippen LogP contribution is 2.10. The Morgan fingerprint density at radius 1 is 0.500 bits per heavy atom. The topological polar surface area (TPSA) is 18.5 Å². The molecule has 0 N–H and O–H groups in total. The van der Waals surface area contributed by atoms with Gasteiger partial charge in [-0.05, 0) is 12.8 Å². The van der Waals surface area contributed by atoms with Crippen LogP contribution in [-0.4, -0.2) is 13.2 Å². The molecule has 0 unspecified atom stereocenters. The maximum atomic E-state index is 5.08. The summed E-state index contributed by atoms with van der Waals surface area (Å²) in [5, 5.41) is 0. The molecule has 0 aliphatic heterocycles. The van der Waals surface area contributed by atoms with Crippen molar-refractivity contribution in [1.82, 2.24) is 0 Å². The van der Waals surface area contributed by atoms with Crippen LogP contribution < -0.4 is 0 Å². The van der Waals surface area contributed by atoms with E-state index in [2.05, 4.69) is 13.2 Å². The van der Waals surface area contributed by atoms with Crippen LogP contribution in [0.2, 0.25) is 0 Å². The lowest BCUT2D eigenvalue weighted by Gasteiger charge is -2.03. The van der Waals surface area contributed by atoms with Gasteiger partial charge in [0, 0.05) is 0 Å². The van der Waals surface area contributed by atoms with E-state index in [9.17, 15) is 0 Å². The highest BCUT2D eigenvalue weighted by atomic mass is 16.5. The van der Waals surface area contributed by atoms with Gasteiger partial charge in [0.15, 0.2) is 0 Å². The minimum absolute atomic E-state index is 0.830. The zero-order valence-corrected chi connectivity index (χ0v) is 11.9. The molecule has 18 heavy (non-hydrogen) atoms. The minimum Gasteiger partial charge on any atom is -0.502 e. The molecule has 0 aliphatic rings. The second kappa shape index (κ2) is 16.1. The van der Waals surface area contributed by atoms with Crippen LogP contribution in [0.3, 0.4) is 0 Å².